The Balaban J connectivity index is 1.64. The van der Waals surface area contributed by atoms with Gasteiger partial charge >= 0.3 is 6.18 Å². The smallest absolute Gasteiger partial charge is 0.417 e. The summed E-state index contributed by atoms with van der Waals surface area (Å²) in [5.41, 5.74) is 0.203. The minimum Gasteiger partial charge on any atom is -0.486 e. The summed E-state index contributed by atoms with van der Waals surface area (Å²) in [5.74, 6) is 1.72. The number of fused-ring (bicyclic) bond motifs is 2. The molecule has 5 nitrogen and oxygen atoms in total. The van der Waals surface area contributed by atoms with Crippen LogP contribution in [-0.2, 0) is 11.9 Å². The Bertz CT molecular complexity index is 1030. The summed E-state index contributed by atoms with van der Waals surface area (Å²) in [6.07, 6.45) is -3.56. The molecule has 3 aromatic rings. The molecule has 0 bridgehead atoms. The number of hydrogen-bond donors (Lipinski definition) is 0. The molecule has 1 aromatic carbocycles. The van der Waals surface area contributed by atoms with Crippen LogP contribution in [0.3, 0.4) is 0 Å². The Morgan fingerprint density at radius 2 is 1.85 bits per heavy atom. The van der Waals surface area contributed by atoms with Gasteiger partial charge in [0.1, 0.15) is 13.2 Å². The van der Waals surface area contributed by atoms with Crippen LogP contribution in [0.25, 0.3) is 5.65 Å². The number of benzene rings is 1. The van der Waals surface area contributed by atoms with Crippen molar-refractivity contribution in [3.05, 3.63) is 45.0 Å². The lowest BCUT2D eigenvalue weighted by Gasteiger charge is -2.19. The van der Waals surface area contributed by atoms with Crippen LogP contribution in [0, 0.1) is 0 Å². The van der Waals surface area contributed by atoms with E-state index in [2.05, 4.69) is 26.1 Å². The third-order valence-corrected chi connectivity index (χ3v) is 5.83. The number of rotatable bonds is 3. The molecular weight excluding hydrogens is 471 g/mol. The van der Waals surface area contributed by atoms with Gasteiger partial charge in [-0.15, -0.1) is 10.2 Å². The fourth-order valence-electron chi connectivity index (χ4n) is 2.55. The average molecular weight is 481 g/mol. The first-order valence-electron chi connectivity index (χ1n) is 7.65. The van der Waals surface area contributed by atoms with E-state index in [1.165, 1.54) is 16.2 Å². The lowest BCUT2D eigenvalue weighted by Crippen LogP contribution is -2.15. The van der Waals surface area contributed by atoms with Gasteiger partial charge in [0.15, 0.2) is 22.3 Å². The first-order valence-corrected chi connectivity index (χ1v) is 9.81. The molecular formula is C16H10BrClF3N3O2S. The van der Waals surface area contributed by atoms with Gasteiger partial charge in [0.05, 0.1) is 10.6 Å². The van der Waals surface area contributed by atoms with Gasteiger partial charge in [-0.2, -0.15) is 13.2 Å². The number of halogens is 5. The summed E-state index contributed by atoms with van der Waals surface area (Å²) in [5, 5.41) is 8.05. The van der Waals surface area contributed by atoms with E-state index in [9.17, 15) is 13.2 Å². The molecule has 0 saturated carbocycles. The number of hydrogen-bond acceptors (Lipinski definition) is 5. The van der Waals surface area contributed by atoms with Gasteiger partial charge in [-0.25, -0.2) is 0 Å². The molecule has 0 atom stereocenters. The molecule has 4 rings (SSSR count). The number of thioether (sulfide) groups is 1. The van der Waals surface area contributed by atoms with Crippen molar-refractivity contribution in [1.29, 1.82) is 0 Å². The highest BCUT2D eigenvalue weighted by Crippen LogP contribution is 2.38. The Labute approximate surface area is 168 Å². The minimum absolute atomic E-state index is 0.107. The van der Waals surface area contributed by atoms with Crippen LogP contribution in [-0.4, -0.2) is 27.8 Å². The molecule has 27 heavy (non-hydrogen) atoms. The number of ether oxygens (including phenoxy) is 2. The number of aromatic nitrogens is 3. The summed E-state index contributed by atoms with van der Waals surface area (Å²) in [7, 11) is 0. The first kappa shape index (κ1) is 18.7. The summed E-state index contributed by atoms with van der Waals surface area (Å²) in [6.45, 7) is 0.955. The standard InChI is InChI=1S/C16H10BrClF3N3O2S/c17-10-5-13-12(25-1-2-26-13)3-8(10)7-27-15-23-22-14-11(18)4-9(6-24(14)15)16(19,20)21/h3-6H,1-2,7H2. The predicted molar refractivity (Wildman–Crippen MR) is 97.7 cm³/mol. The molecule has 0 aliphatic carbocycles. The second-order valence-corrected chi connectivity index (χ2v) is 7.83. The summed E-state index contributed by atoms with van der Waals surface area (Å²) < 4.78 is 52.3. The van der Waals surface area contributed by atoms with Gasteiger partial charge in [0.2, 0.25) is 0 Å². The molecule has 1 aliphatic heterocycles. The molecule has 0 saturated heterocycles. The lowest BCUT2D eigenvalue weighted by atomic mass is 10.2. The van der Waals surface area contributed by atoms with Gasteiger partial charge in [0, 0.05) is 16.4 Å². The van der Waals surface area contributed by atoms with Crippen molar-refractivity contribution in [2.75, 3.05) is 13.2 Å². The third kappa shape index (κ3) is 3.70. The Kier molecular flexibility index (Phi) is 4.89. The van der Waals surface area contributed by atoms with Crippen LogP contribution in [0.15, 0.2) is 34.0 Å². The van der Waals surface area contributed by atoms with Gasteiger partial charge in [-0.05, 0) is 23.8 Å². The zero-order chi connectivity index (χ0) is 19.2. The van der Waals surface area contributed by atoms with E-state index >= 15 is 0 Å². The van der Waals surface area contributed by atoms with Crippen LogP contribution in [0.1, 0.15) is 11.1 Å². The normalized spacial score (nSPS) is 14.0. The molecule has 3 heterocycles. The molecule has 0 spiro atoms. The van der Waals surface area contributed by atoms with E-state index in [0.29, 0.717) is 35.6 Å². The van der Waals surface area contributed by atoms with Crippen LogP contribution < -0.4 is 9.47 Å². The van der Waals surface area contributed by atoms with Gasteiger partial charge in [-0.3, -0.25) is 4.40 Å². The zero-order valence-electron chi connectivity index (χ0n) is 13.4. The molecule has 2 aromatic heterocycles. The van der Waals surface area contributed by atoms with E-state index in [1.54, 1.807) is 0 Å². The summed E-state index contributed by atoms with van der Waals surface area (Å²) in [4.78, 5) is 0. The molecule has 0 N–H and O–H groups in total. The van der Waals surface area contributed by atoms with Crippen molar-refractivity contribution >= 4 is 44.9 Å². The quantitative estimate of drug-likeness (QED) is 0.481. The van der Waals surface area contributed by atoms with Crippen molar-refractivity contribution < 1.29 is 22.6 Å². The van der Waals surface area contributed by atoms with E-state index in [-0.39, 0.29) is 10.7 Å². The topological polar surface area (TPSA) is 48.7 Å². The second kappa shape index (κ2) is 7.06. The number of nitrogens with zero attached hydrogens (tertiary/aromatic N) is 3. The fourth-order valence-corrected chi connectivity index (χ4v) is 4.34. The molecule has 1 aliphatic rings. The van der Waals surface area contributed by atoms with Crippen LogP contribution in [0.4, 0.5) is 13.2 Å². The molecule has 11 heteroatoms. The summed E-state index contributed by atoms with van der Waals surface area (Å²) in [6, 6.07) is 4.49. The SMILES string of the molecule is FC(F)(F)c1cc(Cl)c2nnc(SCc3cc4c(cc3Br)OCCO4)n2c1. The zero-order valence-corrected chi connectivity index (χ0v) is 16.5. The maximum atomic E-state index is 13.0. The summed E-state index contributed by atoms with van der Waals surface area (Å²) >= 11 is 10.6. The van der Waals surface area contributed by atoms with Crippen LogP contribution in [0.2, 0.25) is 5.02 Å². The Morgan fingerprint density at radius 1 is 1.15 bits per heavy atom. The third-order valence-electron chi connectivity index (χ3n) is 3.82. The molecule has 0 fully saturated rings. The number of alkyl halides is 3. The highest BCUT2D eigenvalue weighted by molar-refractivity contribution is 9.10. The van der Waals surface area contributed by atoms with Crippen molar-refractivity contribution in [1.82, 2.24) is 14.6 Å². The molecule has 0 unspecified atom stereocenters. The van der Waals surface area contributed by atoms with Gasteiger partial charge < -0.3 is 9.47 Å². The van der Waals surface area contributed by atoms with E-state index < -0.39 is 11.7 Å². The second-order valence-electron chi connectivity index (χ2n) is 5.63. The van der Waals surface area contributed by atoms with E-state index in [4.69, 9.17) is 21.1 Å². The van der Waals surface area contributed by atoms with E-state index in [0.717, 1.165) is 22.3 Å². The molecule has 0 amide bonds. The van der Waals surface area contributed by atoms with Crippen LogP contribution >= 0.6 is 39.3 Å². The van der Waals surface area contributed by atoms with Crippen molar-refractivity contribution in [2.45, 2.75) is 17.1 Å². The van der Waals surface area contributed by atoms with Crippen molar-refractivity contribution in [3.8, 4) is 11.5 Å². The van der Waals surface area contributed by atoms with Gasteiger partial charge in [0.25, 0.3) is 0 Å². The highest BCUT2D eigenvalue weighted by atomic mass is 79.9. The van der Waals surface area contributed by atoms with Gasteiger partial charge in [-0.1, -0.05) is 39.3 Å². The maximum absolute atomic E-state index is 13.0. The monoisotopic (exact) mass is 479 g/mol. The maximum Gasteiger partial charge on any atom is 0.417 e. The van der Waals surface area contributed by atoms with Crippen molar-refractivity contribution in [2.24, 2.45) is 0 Å². The molecule has 142 valence electrons. The predicted octanol–water partition coefficient (Wildman–Crippen LogP) is 5.23. The largest absolute Gasteiger partial charge is 0.486 e. The average Bonchev–Trinajstić information content (AvgIpc) is 3.03. The number of pyridine rings is 1. The Hall–Kier alpha value is -1.65. The molecule has 0 radical (unpaired) electrons. The highest BCUT2D eigenvalue weighted by Gasteiger charge is 2.32. The first-order chi connectivity index (χ1) is 12.8. The lowest BCUT2D eigenvalue weighted by molar-refractivity contribution is -0.137. The van der Waals surface area contributed by atoms with Crippen molar-refractivity contribution in [3.63, 3.8) is 0 Å². The Morgan fingerprint density at radius 3 is 2.56 bits per heavy atom. The fraction of sp³-hybridized carbons (Fsp3) is 0.250. The van der Waals surface area contributed by atoms with Crippen LogP contribution in [0.5, 0.6) is 11.5 Å². The van der Waals surface area contributed by atoms with E-state index in [1.807, 2.05) is 12.1 Å². The minimum atomic E-state index is -4.51.